The molecule has 4 heteroatoms. The molecule has 4 nitrogen and oxygen atoms in total. The lowest BCUT2D eigenvalue weighted by atomic mass is 9.89. The number of aromatic nitrogens is 1. The van der Waals surface area contributed by atoms with Gasteiger partial charge in [-0.1, -0.05) is 25.1 Å². The summed E-state index contributed by atoms with van der Waals surface area (Å²) in [5.41, 5.74) is 3.03. The maximum atomic E-state index is 12.6. The summed E-state index contributed by atoms with van der Waals surface area (Å²) >= 11 is 0. The fourth-order valence-corrected chi connectivity index (χ4v) is 3.72. The van der Waals surface area contributed by atoms with Gasteiger partial charge in [0.05, 0.1) is 6.61 Å². The molecule has 1 amide bonds. The number of carbonyl (C=O) groups is 1. The summed E-state index contributed by atoms with van der Waals surface area (Å²) in [5.74, 6) is 0.976. The zero-order valence-electron chi connectivity index (χ0n) is 13.2. The fraction of sp³-hybridized carbons (Fsp3) is 0.368. The molecule has 23 heavy (non-hydrogen) atoms. The van der Waals surface area contributed by atoms with Gasteiger partial charge < -0.3 is 10.1 Å². The Morgan fingerprint density at radius 3 is 3.13 bits per heavy atom. The molecule has 0 saturated heterocycles. The monoisotopic (exact) mass is 308 g/mol. The topological polar surface area (TPSA) is 51.2 Å². The maximum absolute atomic E-state index is 12.6. The smallest absolute Gasteiger partial charge is 0.251 e. The van der Waals surface area contributed by atoms with Gasteiger partial charge in [0.25, 0.3) is 5.91 Å². The minimum atomic E-state index is 0.00935. The summed E-state index contributed by atoms with van der Waals surface area (Å²) in [6.45, 7) is 2.76. The number of carbonyl (C=O) groups excluding carboxylic acids is 1. The van der Waals surface area contributed by atoms with E-state index in [2.05, 4.69) is 16.4 Å². The molecule has 0 bridgehead atoms. The van der Waals surface area contributed by atoms with Crippen molar-refractivity contribution < 1.29 is 9.53 Å². The molecule has 1 aliphatic carbocycles. The van der Waals surface area contributed by atoms with E-state index < -0.39 is 0 Å². The van der Waals surface area contributed by atoms with Crippen LogP contribution in [-0.4, -0.2) is 23.5 Å². The quantitative estimate of drug-likeness (QED) is 0.948. The standard InChI is InChI=1S/C19H20N2O2/c1-2-13-12-20-9-7-14(13)18(22)21-17-11-19(17)8-10-23-16-6-4-3-5-15(16)19/h3-7,9,12,17H,2,8,10-11H2,1H3,(H,21,22)/t17-,19+/m0/s1. The molecule has 0 radical (unpaired) electrons. The third-order valence-corrected chi connectivity index (χ3v) is 5.14. The largest absolute Gasteiger partial charge is 0.493 e. The molecule has 2 aliphatic rings. The van der Waals surface area contributed by atoms with Gasteiger partial charge in [0.15, 0.2) is 0 Å². The number of aryl methyl sites for hydroxylation is 1. The predicted molar refractivity (Wildman–Crippen MR) is 87.7 cm³/mol. The van der Waals surface area contributed by atoms with E-state index in [0.717, 1.165) is 42.7 Å². The molecule has 4 rings (SSSR count). The van der Waals surface area contributed by atoms with Gasteiger partial charge in [-0.15, -0.1) is 0 Å². The Kier molecular flexibility index (Phi) is 3.33. The molecule has 2 atom stereocenters. The van der Waals surface area contributed by atoms with Crippen molar-refractivity contribution in [2.45, 2.75) is 37.6 Å². The Hall–Kier alpha value is -2.36. The number of fused-ring (bicyclic) bond motifs is 2. The number of hydrogen-bond acceptors (Lipinski definition) is 3. The van der Waals surface area contributed by atoms with Gasteiger partial charge in [0.1, 0.15) is 5.75 Å². The second-order valence-corrected chi connectivity index (χ2v) is 6.37. The summed E-state index contributed by atoms with van der Waals surface area (Å²) in [6, 6.07) is 10.2. The van der Waals surface area contributed by atoms with Crippen LogP contribution in [0, 0.1) is 0 Å². The first-order valence-electron chi connectivity index (χ1n) is 8.20. The molecule has 2 aromatic rings. The average molecular weight is 308 g/mol. The Balaban J connectivity index is 1.56. The van der Waals surface area contributed by atoms with E-state index in [1.54, 1.807) is 18.5 Å². The number of nitrogens with one attached hydrogen (secondary N) is 1. The average Bonchev–Trinajstić information content (AvgIpc) is 3.27. The van der Waals surface area contributed by atoms with Crippen LogP contribution < -0.4 is 10.1 Å². The third-order valence-electron chi connectivity index (χ3n) is 5.14. The van der Waals surface area contributed by atoms with Crippen molar-refractivity contribution in [3.05, 3.63) is 59.4 Å². The van der Waals surface area contributed by atoms with E-state index in [4.69, 9.17) is 4.74 Å². The van der Waals surface area contributed by atoms with Crippen LogP contribution in [0.1, 0.15) is 41.3 Å². The molecule has 1 spiro atoms. The van der Waals surface area contributed by atoms with Crippen LogP contribution in [0.15, 0.2) is 42.7 Å². The van der Waals surface area contributed by atoms with Gasteiger partial charge in [-0.05, 0) is 37.0 Å². The number of ether oxygens (including phenoxy) is 1. The number of rotatable bonds is 3. The van der Waals surface area contributed by atoms with Gasteiger partial charge in [-0.25, -0.2) is 0 Å². The SMILES string of the molecule is CCc1cnccc1C(=O)N[C@H]1C[C@@]12CCOc1ccccc12. The summed E-state index contributed by atoms with van der Waals surface area (Å²) < 4.78 is 5.75. The summed E-state index contributed by atoms with van der Waals surface area (Å²) in [4.78, 5) is 16.8. The van der Waals surface area contributed by atoms with E-state index in [0.29, 0.717) is 0 Å². The lowest BCUT2D eigenvalue weighted by molar-refractivity contribution is 0.0944. The minimum absolute atomic E-state index is 0.00935. The highest BCUT2D eigenvalue weighted by Gasteiger charge is 2.58. The second-order valence-electron chi connectivity index (χ2n) is 6.37. The van der Waals surface area contributed by atoms with Crippen LogP contribution in [0.2, 0.25) is 0 Å². The lowest BCUT2D eigenvalue weighted by Gasteiger charge is -2.27. The molecule has 118 valence electrons. The van der Waals surface area contributed by atoms with Crippen molar-refractivity contribution in [2.75, 3.05) is 6.61 Å². The van der Waals surface area contributed by atoms with Crippen molar-refractivity contribution >= 4 is 5.91 Å². The lowest BCUT2D eigenvalue weighted by Crippen LogP contribution is -2.34. The molecule has 1 N–H and O–H groups in total. The van der Waals surface area contributed by atoms with E-state index in [9.17, 15) is 4.79 Å². The van der Waals surface area contributed by atoms with E-state index >= 15 is 0 Å². The fourth-order valence-electron chi connectivity index (χ4n) is 3.72. The van der Waals surface area contributed by atoms with E-state index in [-0.39, 0.29) is 17.4 Å². The molecular weight excluding hydrogens is 288 g/mol. The van der Waals surface area contributed by atoms with Crippen molar-refractivity contribution in [3.63, 3.8) is 0 Å². The third kappa shape index (κ3) is 2.29. The highest BCUT2D eigenvalue weighted by molar-refractivity contribution is 5.96. The minimum Gasteiger partial charge on any atom is -0.493 e. The highest BCUT2D eigenvalue weighted by Crippen LogP contribution is 2.55. The normalized spacial score (nSPS) is 24.7. The van der Waals surface area contributed by atoms with E-state index in [1.165, 1.54) is 5.56 Å². The Labute approximate surface area is 135 Å². The molecule has 1 fully saturated rings. The van der Waals surface area contributed by atoms with Crippen LogP contribution in [-0.2, 0) is 11.8 Å². The molecule has 1 saturated carbocycles. The zero-order chi connectivity index (χ0) is 15.9. The molecule has 1 aliphatic heterocycles. The molecule has 0 unspecified atom stereocenters. The van der Waals surface area contributed by atoms with Crippen LogP contribution >= 0.6 is 0 Å². The molecule has 1 aromatic heterocycles. The van der Waals surface area contributed by atoms with Crippen molar-refractivity contribution in [1.29, 1.82) is 0 Å². The summed E-state index contributed by atoms with van der Waals surface area (Å²) in [6.07, 6.45) is 6.22. The Morgan fingerprint density at radius 2 is 2.26 bits per heavy atom. The van der Waals surface area contributed by atoms with Crippen LogP contribution in [0.3, 0.4) is 0 Å². The van der Waals surface area contributed by atoms with Crippen molar-refractivity contribution in [2.24, 2.45) is 0 Å². The second kappa shape index (κ2) is 5.37. The first-order chi connectivity index (χ1) is 11.2. The van der Waals surface area contributed by atoms with Crippen LogP contribution in [0.5, 0.6) is 5.75 Å². The zero-order valence-corrected chi connectivity index (χ0v) is 13.2. The van der Waals surface area contributed by atoms with Crippen LogP contribution in [0.4, 0.5) is 0 Å². The first kappa shape index (κ1) is 14.2. The van der Waals surface area contributed by atoms with Gasteiger partial charge in [0.2, 0.25) is 0 Å². The molecule has 2 heterocycles. The van der Waals surface area contributed by atoms with Crippen molar-refractivity contribution in [3.8, 4) is 5.75 Å². The summed E-state index contributed by atoms with van der Waals surface area (Å²) in [7, 11) is 0. The number of pyridine rings is 1. The predicted octanol–water partition coefficient (Wildman–Crippen LogP) is 2.87. The van der Waals surface area contributed by atoms with Gasteiger partial charge >= 0.3 is 0 Å². The molecular formula is C19H20N2O2. The van der Waals surface area contributed by atoms with Crippen LogP contribution in [0.25, 0.3) is 0 Å². The number of nitrogens with zero attached hydrogens (tertiary/aromatic N) is 1. The van der Waals surface area contributed by atoms with Crippen molar-refractivity contribution in [1.82, 2.24) is 10.3 Å². The maximum Gasteiger partial charge on any atom is 0.251 e. The first-order valence-corrected chi connectivity index (χ1v) is 8.20. The van der Waals surface area contributed by atoms with Gasteiger partial charge in [0, 0.05) is 35.0 Å². The molecule has 1 aromatic carbocycles. The Morgan fingerprint density at radius 1 is 1.39 bits per heavy atom. The number of amides is 1. The van der Waals surface area contributed by atoms with Gasteiger partial charge in [-0.3, -0.25) is 9.78 Å². The number of para-hydroxylation sites is 1. The highest BCUT2D eigenvalue weighted by atomic mass is 16.5. The summed E-state index contributed by atoms with van der Waals surface area (Å²) in [5, 5.41) is 3.22. The number of hydrogen-bond donors (Lipinski definition) is 1. The Bertz CT molecular complexity index is 759. The van der Waals surface area contributed by atoms with E-state index in [1.807, 2.05) is 25.1 Å². The number of benzene rings is 1. The van der Waals surface area contributed by atoms with Gasteiger partial charge in [-0.2, -0.15) is 0 Å².